The van der Waals surface area contributed by atoms with E-state index in [-0.39, 0.29) is 16.6 Å². The predicted molar refractivity (Wildman–Crippen MR) is 133 cm³/mol. The lowest BCUT2D eigenvalue weighted by molar-refractivity contribution is -0.384. The van der Waals surface area contributed by atoms with Gasteiger partial charge in [0.05, 0.1) is 22.4 Å². The van der Waals surface area contributed by atoms with Gasteiger partial charge in [-0.2, -0.15) is 0 Å². The van der Waals surface area contributed by atoms with E-state index in [9.17, 15) is 14.9 Å². The Labute approximate surface area is 195 Å². The van der Waals surface area contributed by atoms with Gasteiger partial charge >= 0.3 is 0 Å². The first-order valence-electron chi connectivity index (χ1n) is 11.0. The molecule has 0 spiro atoms. The Hall–Kier alpha value is -4.58. The summed E-state index contributed by atoms with van der Waals surface area (Å²) in [5.74, 6) is 0.611. The summed E-state index contributed by atoms with van der Waals surface area (Å²) < 4.78 is 1.64. The molecule has 0 amide bonds. The summed E-state index contributed by atoms with van der Waals surface area (Å²) in [4.78, 5) is 29.3. The van der Waals surface area contributed by atoms with Crippen LogP contribution < -0.4 is 5.56 Å². The Morgan fingerprint density at radius 1 is 0.824 bits per heavy atom. The molecular formula is C28H21N3O3. The van der Waals surface area contributed by atoms with Gasteiger partial charge in [-0.25, -0.2) is 4.98 Å². The van der Waals surface area contributed by atoms with E-state index >= 15 is 0 Å². The Kier molecular flexibility index (Phi) is 5.70. The molecule has 166 valence electrons. The van der Waals surface area contributed by atoms with Crippen molar-refractivity contribution in [3.8, 4) is 11.1 Å². The molecule has 0 aliphatic heterocycles. The minimum Gasteiger partial charge on any atom is -0.291 e. The minimum atomic E-state index is -0.494. The summed E-state index contributed by atoms with van der Waals surface area (Å²) in [6.07, 6.45) is 0.469. The van der Waals surface area contributed by atoms with Gasteiger partial charge in [0.15, 0.2) is 0 Å². The molecule has 5 aromatic rings. The van der Waals surface area contributed by atoms with E-state index in [0.29, 0.717) is 24.3 Å². The molecule has 0 N–H and O–H groups in total. The van der Waals surface area contributed by atoms with Crippen molar-refractivity contribution >= 4 is 16.6 Å². The molecule has 0 saturated carbocycles. The third kappa shape index (κ3) is 4.21. The summed E-state index contributed by atoms with van der Waals surface area (Å²) >= 11 is 0. The monoisotopic (exact) mass is 447 g/mol. The van der Waals surface area contributed by atoms with Crippen LogP contribution in [-0.2, 0) is 13.0 Å². The molecule has 4 aromatic carbocycles. The number of nitro benzene ring substituents is 1. The average Bonchev–Trinajstić information content (AvgIpc) is 2.87. The minimum absolute atomic E-state index is 0.126. The van der Waals surface area contributed by atoms with Crippen molar-refractivity contribution in [3.05, 3.63) is 141 Å². The van der Waals surface area contributed by atoms with Crippen molar-refractivity contribution in [2.24, 2.45) is 0 Å². The highest BCUT2D eigenvalue weighted by molar-refractivity contribution is 5.80. The van der Waals surface area contributed by atoms with E-state index < -0.39 is 4.92 Å². The van der Waals surface area contributed by atoms with Crippen LogP contribution >= 0.6 is 0 Å². The zero-order valence-corrected chi connectivity index (χ0v) is 18.3. The van der Waals surface area contributed by atoms with Crippen LogP contribution in [0, 0.1) is 10.1 Å². The van der Waals surface area contributed by atoms with Crippen molar-refractivity contribution in [1.29, 1.82) is 0 Å². The summed E-state index contributed by atoms with van der Waals surface area (Å²) in [5.41, 5.74) is 4.12. The van der Waals surface area contributed by atoms with Crippen LogP contribution in [-0.4, -0.2) is 14.5 Å². The summed E-state index contributed by atoms with van der Waals surface area (Å²) in [6, 6.07) is 32.0. The van der Waals surface area contributed by atoms with Crippen LogP contribution in [0.1, 0.15) is 17.0 Å². The molecule has 6 heteroatoms. The number of nitrogens with zero attached hydrogens (tertiary/aromatic N) is 3. The highest BCUT2D eigenvalue weighted by atomic mass is 16.6. The summed E-state index contributed by atoms with van der Waals surface area (Å²) in [7, 11) is 0. The predicted octanol–water partition coefficient (Wildman–Crippen LogP) is 5.61. The normalized spacial score (nSPS) is 10.9. The number of hydrogen-bond acceptors (Lipinski definition) is 4. The van der Waals surface area contributed by atoms with Gasteiger partial charge in [0.2, 0.25) is 0 Å². The summed E-state index contributed by atoms with van der Waals surface area (Å²) in [5, 5.41) is 11.6. The van der Waals surface area contributed by atoms with E-state index in [0.717, 1.165) is 22.3 Å². The fourth-order valence-corrected chi connectivity index (χ4v) is 4.17. The van der Waals surface area contributed by atoms with Crippen molar-refractivity contribution in [2.45, 2.75) is 13.0 Å². The highest BCUT2D eigenvalue weighted by Gasteiger charge is 2.17. The third-order valence-electron chi connectivity index (χ3n) is 5.86. The second kappa shape index (κ2) is 9.11. The number of benzene rings is 4. The van der Waals surface area contributed by atoms with Crippen LogP contribution in [0.4, 0.5) is 5.69 Å². The first-order chi connectivity index (χ1) is 16.6. The molecule has 0 bridgehead atoms. The molecular weight excluding hydrogens is 426 g/mol. The van der Waals surface area contributed by atoms with Gasteiger partial charge in [0, 0.05) is 18.6 Å². The second-order valence-electron chi connectivity index (χ2n) is 8.06. The van der Waals surface area contributed by atoms with Gasteiger partial charge < -0.3 is 0 Å². The smallest absolute Gasteiger partial charge is 0.270 e. The molecule has 5 rings (SSSR count). The van der Waals surface area contributed by atoms with Gasteiger partial charge in [0.1, 0.15) is 5.82 Å². The lowest BCUT2D eigenvalue weighted by atomic mass is 9.99. The van der Waals surface area contributed by atoms with Gasteiger partial charge in [-0.3, -0.25) is 19.5 Å². The second-order valence-corrected chi connectivity index (χ2v) is 8.06. The number of nitro groups is 1. The van der Waals surface area contributed by atoms with E-state index in [1.54, 1.807) is 10.6 Å². The molecule has 34 heavy (non-hydrogen) atoms. The Morgan fingerprint density at radius 2 is 1.50 bits per heavy atom. The number of aromatic nitrogens is 2. The van der Waals surface area contributed by atoms with Crippen LogP contribution in [0.5, 0.6) is 0 Å². The molecule has 0 fully saturated rings. The summed E-state index contributed by atoms with van der Waals surface area (Å²) in [6.45, 7) is 0.303. The Balaban J connectivity index is 1.69. The van der Waals surface area contributed by atoms with Crippen molar-refractivity contribution in [2.75, 3.05) is 0 Å². The molecule has 6 nitrogen and oxygen atoms in total. The molecule has 0 saturated heterocycles. The third-order valence-corrected chi connectivity index (χ3v) is 5.86. The quantitative estimate of drug-likeness (QED) is 0.250. The molecule has 0 unspecified atom stereocenters. The SMILES string of the molecule is O=c1c2cc([N+](=O)[O-])ccc2nc(Cc2ccccc2)n1Cc1ccccc1-c1ccccc1. The molecule has 0 aliphatic carbocycles. The number of hydrogen-bond donors (Lipinski definition) is 0. The molecule has 1 aromatic heterocycles. The number of non-ortho nitro benzene ring substituents is 1. The number of fused-ring (bicyclic) bond motifs is 1. The standard InChI is InChI=1S/C28H21N3O3/c32-28-25-18-23(31(33)34)15-16-26(25)29-27(17-20-9-3-1-4-10-20)30(28)19-22-13-7-8-14-24(22)21-11-5-2-6-12-21/h1-16,18H,17,19H2. The van der Waals surface area contributed by atoms with Crippen molar-refractivity contribution in [3.63, 3.8) is 0 Å². The van der Waals surface area contributed by atoms with E-state index in [1.165, 1.54) is 12.1 Å². The topological polar surface area (TPSA) is 78.0 Å². The maximum atomic E-state index is 13.7. The van der Waals surface area contributed by atoms with Gasteiger partial charge in [0.25, 0.3) is 11.2 Å². The Bertz CT molecular complexity index is 1540. The average molecular weight is 447 g/mol. The zero-order chi connectivity index (χ0) is 23.5. The van der Waals surface area contributed by atoms with Crippen molar-refractivity contribution < 1.29 is 4.92 Å². The molecule has 0 aliphatic rings. The first kappa shape index (κ1) is 21.3. The van der Waals surface area contributed by atoms with E-state index in [1.807, 2.05) is 84.9 Å². The maximum Gasteiger partial charge on any atom is 0.270 e. The van der Waals surface area contributed by atoms with E-state index in [4.69, 9.17) is 4.98 Å². The molecule has 1 heterocycles. The Morgan fingerprint density at radius 3 is 2.24 bits per heavy atom. The van der Waals surface area contributed by atoms with Gasteiger partial charge in [-0.05, 0) is 28.3 Å². The van der Waals surface area contributed by atoms with Crippen LogP contribution in [0.15, 0.2) is 108 Å². The first-order valence-corrected chi connectivity index (χ1v) is 11.0. The molecule has 0 radical (unpaired) electrons. The maximum absolute atomic E-state index is 13.7. The van der Waals surface area contributed by atoms with Crippen LogP contribution in [0.2, 0.25) is 0 Å². The van der Waals surface area contributed by atoms with Crippen LogP contribution in [0.3, 0.4) is 0 Å². The van der Waals surface area contributed by atoms with Gasteiger partial charge in [-0.15, -0.1) is 0 Å². The lowest BCUT2D eigenvalue weighted by Gasteiger charge is -2.16. The lowest BCUT2D eigenvalue weighted by Crippen LogP contribution is -2.26. The van der Waals surface area contributed by atoms with Crippen molar-refractivity contribution in [1.82, 2.24) is 9.55 Å². The fraction of sp³-hybridized carbons (Fsp3) is 0.0714. The van der Waals surface area contributed by atoms with Crippen LogP contribution in [0.25, 0.3) is 22.0 Å². The van der Waals surface area contributed by atoms with E-state index in [2.05, 4.69) is 0 Å². The fourth-order valence-electron chi connectivity index (χ4n) is 4.17. The zero-order valence-electron chi connectivity index (χ0n) is 18.3. The largest absolute Gasteiger partial charge is 0.291 e. The van der Waals surface area contributed by atoms with Gasteiger partial charge in [-0.1, -0.05) is 84.9 Å². The number of rotatable bonds is 6. The molecule has 0 atom stereocenters. The highest BCUT2D eigenvalue weighted by Crippen LogP contribution is 2.25.